The first-order valence-electron chi connectivity index (χ1n) is 9.27. The molecule has 4 fully saturated rings. The molecular weight excluding hydrogens is 276 g/mol. The summed E-state index contributed by atoms with van der Waals surface area (Å²) < 4.78 is 0. The second kappa shape index (κ2) is 4.80. The molecule has 0 aliphatic heterocycles. The van der Waals surface area contributed by atoms with E-state index in [1.54, 1.807) is 0 Å². The smallest absolute Gasteiger partial charge is 0.139 e. The molecule has 0 saturated heterocycles. The first-order valence-corrected chi connectivity index (χ1v) is 9.27. The maximum absolute atomic E-state index is 12.4. The van der Waals surface area contributed by atoms with Gasteiger partial charge < -0.3 is 10.2 Å². The molecule has 0 aromatic heterocycles. The Morgan fingerprint density at radius 1 is 1.05 bits per heavy atom. The number of hydrogen-bond acceptors (Lipinski definition) is 3. The topological polar surface area (TPSA) is 57.5 Å². The number of fused-ring (bicyclic) bond motifs is 5. The first kappa shape index (κ1) is 15.1. The lowest BCUT2D eigenvalue weighted by Crippen LogP contribution is -2.61. The average Bonchev–Trinajstić information content (AvgIpc) is 2.74. The molecule has 0 spiro atoms. The Morgan fingerprint density at radius 3 is 2.59 bits per heavy atom. The Hall–Kier alpha value is -0.410. The molecule has 0 amide bonds. The molecule has 4 rings (SSSR count). The van der Waals surface area contributed by atoms with Crippen molar-refractivity contribution in [3.05, 3.63) is 0 Å². The van der Waals surface area contributed by atoms with Crippen molar-refractivity contribution in [2.45, 2.75) is 77.4 Å². The molecule has 0 aromatic rings. The summed E-state index contributed by atoms with van der Waals surface area (Å²) in [6.45, 7) is 4.40. The monoisotopic (exact) mass is 306 g/mol. The van der Waals surface area contributed by atoms with Gasteiger partial charge in [-0.3, -0.25) is 4.79 Å². The van der Waals surface area contributed by atoms with Crippen molar-refractivity contribution in [2.24, 2.45) is 34.5 Å². The van der Waals surface area contributed by atoms with Crippen molar-refractivity contribution in [3.63, 3.8) is 0 Å². The van der Waals surface area contributed by atoms with Crippen LogP contribution in [0.3, 0.4) is 0 Å². The lowest BCUT2D eigenvalue weighted by molar-refractivity contribution is -0.194. The molecule has 4 aliphatic rings. The Balaban J connectivity index is 1.74. The van der Waals surface area contributed by atoms with Gasteiger partial charge in [0.1, 0.15) is 5.78 Å². The highest BCUT2D eigenvalue weighted by atomic mass is 16.3. The average molecular weight is 306 g/mol. The Bertz CT molecular complexity index is 489. The van der Waals surface area contributed by atoms with Crippen molar-refractivity contribution in [3.8, 4) is 0 Å². The van der Waals surface area contributed by atoms with Gasteiger partial charge in [0.15, 0.2) is 0 Å². The lowest BCUT2D eigenvalue weighted by Gasteiger charge is -2.62. The molecule has 22 heavy (non-hydrogen) atoms. The van der Waals surface area contributed by atoms with Gasteiger partial charge >= 0.3 is 0 Å². The van der Waals surface area contributed by atoms with E-state index in [0.717, 1.165) is 25.7 Å². The largest absolute Gasteiger partial charge is 0.393 e. The minimum Gasteiger partial charge on any atom is -0.393 e. The van der Waals surface area contributed by atoms with E-state index in [2.05, 4.69) is 13.8 Å². The minimum absolute atomic E-state index is 0.0625. The minimum atomic E-state index is -0.369. The third-order valence-electron chi connectivity index (χ3n) is 8.23. The van der Waals surface area contributed by atoms with Crippen LogP contribution in [0.25, 0.3) is 0 Å². The van der Waals surface area contributed by atoms with Crippen molar-refractivity contribution >= 4 is 5.78 Å². The van der Waals surface area contributed by atoms with Gasteiger partial charge in [-0.05, 0) is 61.2 Å². The molecule has 5 unspecified atom stereocenters. The summed E-state index contributed by atoms with van der Waals surface area (Å²) in [4.78, 5) is 12.4. The molecule has 4 saturated carbocycles. The molecule has 2 N–H and O–H groups in total. The zero-order valence-electron chi connectivity index (χ0n) is 13.9. The summed E-state index contributed by atoms with van der Waals surface area (Å²) in [5, 5.41) is 21.8. The van der Waals surface area contributed by atoms with Gasteiger partial charge in [0.2, 0.25) is 0 Å². The van der Waals surface area contributed by atoms with Gasteiger partial charge in [0.25, 0.3) is 0 Å². The Morgan fingerprint density at radius 2 is 1.82 bits per heavy atom. The predicted octanol–water partition coefficient (Wildman–Crippen LogP) is 2.93. The number of Topliss-reactive ketones (excluding diaryl/α,β-unsaturated/α-hetero) is 1. The van der Waals surface area contributed by atoms with Gasteiger partial charge in [-0.25, -0.2) is 0 Å². The summed E-state index contributed by atoms with van der Waals surface area (Å²) in [6.07, 6.45) is 7.15. The van der Waals surface area contributed by atoms with Crippen LogP contribution in [0.15, 0.2) is 0 Å². The van der Waals surface area contributed by atoms with Crippen molar-refractivity contribution in [1.29, 1.82) is 0 Å². The number of carbonyl (C=O) groups is 1. The molecule has 0 bridgehead atoms. The van der Waals surface area contributed by atoms with Crippen LogP contribution in [-0.2, 0) is 4.79 Å². The van der Waals surface area contributed by atoms with Crippen LogP contribution < -0.4 is 0 Å². The predicted molar refractivity (Wildman–Crippen MR) is 84.1 cm³/mol. The van der Waals surface area contributed by atoms with Crippen LogP contribution in [0.4, 0.5) is 0 Å². The number of hydrogen-bond donors (Lipinski definition) is 2. The Kier molecular flexibility index (Phi) is 3.30. The van der Waals surface area contributed by atoms with E-state index in [4.69, 9.17) is 0 Å². The van der Waals surface area contributed by atoms with Crippen LogP contribution in [0.2, 0.25) is 0 Å². The summed E-state index contributed by atoms with van der Waals surface area (Å²) in [6, 6.07) is 0. The highest BCUT2D eigenvalue weighted by molar-refractivity contribution is 5.87. The summed E-state index contributed by atoms with van der Waals surface area (Å²) in [5.74, 6) is 1.68. The summed E-state index contributed by atoms with van der Waals surface area (Å²) in [5.41, 5.74) is -0.273. The van der Waals surface area contributed by atoms with Crippen LogP contribution in [0.1, 0.15) is 65.2 Å². The summed E-state index contributed by atoms with van der Waals surface area (Å²) in [7, 11) is 0. The fraction of sp³-hybridized carbons (Fsp3) is 0.947. The van der Waals surface area contributed by atoms with Crippen LogP contribution in [-0.4, -0.2) is 28.2 Å². The van der Waals surface area contributed by atoms with Crippen molar-refractivity contribution in [2.75, 3.05) is 0 Å². The van der Waals surface area contributed by atoms with Crippen LogP contribution in [0, 0.1) is 34.5 Å². The van der Waals surface area contributed by atoms with E-state index in [-0.39, 0.29) is 29.0 Å². The molecule has 4 aliphatic carbocycles. The standard InChI is InChI=1S/C19H30O3/c1-18-8-4-3-5-13(18)14(20)9-11-12-6-7-16(22)19(12,2)10-15(21)17(11)18/h11-15,17,20-21H,3-10H2,1-2H3/t11?,12?,13-,14+,15-,17?,18?,19?/m1/s1. The van der Waals surface area contributed by atoms with Gasteiger partial charge in [0, 0.05) is 11.8 Å². The van der Waals surface area contributed by atoms with Gasteiger partial charge in [-0.1, -0.05) is 26.7 Å². The van der Waals surface area contributed by atoms with Gasteiger partial charge in [-0.15, -0.1) is 0 Å². The summed E-state index contributed by atoms with van der Waals surface area (Å²) >= 11 is 0. The highest BCUT2D eigenvalue weighted by Crippen LogP contribution is 2.65. The van der Waals surface area contributed by atoms with Gasteiger partial charge in [0.05, 0.1) is 12.2 Å². The van der Waals surface area contributed by atoms with E-state index >= 15 is 0 Å². The third kappa shape index (κ3) is 1.78. The fourth-order valence-corrected chi connectivity index (χ4v) is 7.26. The second-order valence-electron chi connectivity index (χ2n) is 9.11. The van der Waals surface area contributed by atoms with E-state index in [1.807, 2.05) is 0 Å². The molecule has 0 heterocycles. The molecule has 8 atom stereocenters. The molecule has 3 heteroatoms. The van der Waals surface area contributed by atoms with E-state index < -0.39 is 0 Å². The fourth-order valence-electron chi connectivity index (χ4n) is 7.26. The molecule has 3 nitrogen and oxygen atoms in total. The SMILES string of the molecule is CC12C[C@@H](O)C3C(C[C@H](O)[C@H]4CCCCC34C)C1CCC2=O. The zero-order chi connectivity index (χ0) is 15.7. The third-order valence-corrected chi connectivity index (χ3v) is 8.23. The van der Waals surface area contributed by atoms with Crippen molar-refractivity contribution < 1.29 is 15.0 Å². The maximum Gasteiger partial charge on any atom is 0.139 e. The normalized spacial score (nSPS) is 57.9. The number of carbonyl (C=O) groups excluding carboxylic acids is 1. The molecule has 124 valence electrons. The Labute approximate surface area is 133 Å². The maximum atomic E-state index is 12.4. The zero-order valence-corrected chi connectivity index (χ0v) is 13.9. The first-order chi connectivity index (χ1) is 10.4. The van der Waals surface area contributed by atoms with Crippen LogP contribution >= 0.6 is 0 Å². The van der Waals surface area contributed by atoms with E-state index in [1.165, 1.54) is 12.8 Å². The number of ketones is 1. The molecule has 0 radical (unpaired) electrons. The number of aliphatic hydroxyl groups is 2. The second-order valence-corrected chi connectivity index (χ2v) is 9.11. The van der Waals surface area contributed by atoms with E-state index in [9.17, 15) is 15.0 Å². The number of aliphatic hydroxyl groups excluding tert-OH is 2. The number of rotatable bonds is 0. The molecular formula is C19H30O3. The van der Waals surface area contributed by atoms with E-state index in [0.29, 0.717) is 36.4 Å². The van der Waals surface area contributed by atoms with Gasteiger partial charge in [-0.2, -0.15) is 0 Å². The van der Waals surface area contributed by atoms with Crippen molar-refractivity contribution in [1.82, 2.24) is 0 Å². The molecule has 0 aromatic carbocycles. The lowest BCUT2D eigenvalue weighted by atomic mass is 9.44. The van der Waals surface area contributed by atoms with Crippen LogP contribution in [0.5, 0.6) is 0 Å². The highest BCUT2D eigenvalue weighted by Gasteiger charge is 2.64. The quantitative estimate of drug-likeness (QED) is 0.723.